The van der Waals surface area contributed by atoms with E-state index < -0.39 is 0 Å². The molecule has 0 bridgehead atoms. The molecule has 0 aliphatic carbocycles. The Balaban J connectivity index is 1.47. The van der Waals surface area contributed by atoms with E-state index in [1.807, 2.05) is 25.2 Å². The van der Waals surface area contributed by atoms with Crippen molar-refractivity contribution in [1.29, 1.82) is 0 Å². The lowest BCUT2D eigenvalue weighted by Gasteiger charge is -2.17. The second-order valence-electron chi connectivity index (χ2n) is 5.59. The fraction of sp³-hybridized carbons (Fsp3) is 0.500. The predicted molar refractivity (Wildman–Crippen MR) is 87.9 cm³/mol. The SMILES string of the molecule is CN(Cc1nc2ccccc2s1)C(=O)CNCC1CCCO1. The molecule has 0 radical (unpaired) electrons. The van der Waals surface area contributed by atoms with E-state index in [1.165, 1.54) is 0 Å². The molecule has 2 heterocycles. The van der Waals surface area contributed by atoms with Gasteiger partial charge in [0.2, 0.25) is 5.91 Å². The Hall–Kier alpha value is -1.50. The monoisotopic (exact) mass is 319 g/mol. The van der Waals surface area contributed by atoms with Crippen molar-refractivity contribution >= 4 is 27.5 Å². The van der Waals surface area contributed by atoms with Crippen molar-refractivity contribution in [1.82, 2.24) is 15.2 Å². The predicted octanol–water partition coefficient (Wildman–Crippen LogP) is 2.02. The maximum absolute atomic E-state index is 12.1. The van der Waals surface area contributed by atoms with Crippen LogP contribution in [0.1, 0.15) is 17.8 Å². The first kappa shape index (κ1) is 15.4. The number of benzene rings is 1. The molecule has 6 heteroatoms. The first-order chi connectivity index (χ1) is 10.7. The highest BCUT2D eigenvalue weighted by atomic mass is 32.1. The van der Waals surface area contributed by atoms with Crippen LogP contribution in [0.15, 0.2) is 24.3 Å². The minimum atomic E-state index is 0.0808. The van der Waals surface area contributed by atoms with Crippen molar-refractivity contribution in [2.45, 2.75) is 25.5 Å². The van der Waals surface area contributed by atoms with Crippen LogP contribution in [-0.4, -0.2) is 48.6 Å². The van der Waals surface area contributed by atoms with Gasteiger partial charge in [0, 0.05) is 20.2 Å². The molecule has 5 nitrogen and oxygen atoms in total. The van der Waals surface area contributed by atoms with Gasteiger partial charge in [0.1, 0.15) is 5.01 Å². The van der Waals surface area contributed by atoms with Gasteiger partial charge in [0.05, 0.1) is 29.4 Å². The summed E-state index contributed by atoms with van der Waals surface area (Å²) in [6.45, 7) is 2.50. The highest BCUT2D eigenvalue weighted by Crippen LogP contribution is 2.22. The quantitative estimate of drug-likeness (QED) is 0.885. The number of aromatic nitrogens is 1. The molecular weight excluding hydrogens is 298 g/mol. The Kier molecular flexibility index (Phi) is 5.02. The van der Waals surface area contributed by atoms with Crippen molar-refractivity contribution in [2.75, 3.05) is 26.7 Å². The van der Waals surface area contributed by atoms with Crippen LogP contribution in [0.2, 0.25) is 0 Å². The van der Waals surface area contributed by atoms with E-state index in [1.54, 1.807) is 16.2 Å². The molecule has 1 N–H and O–H groups in total. The third-order valence-corrected chi connectivity index (χ3v) is 4.83. The molecule has 1 aromatic heterocycles. The van der Waals surface area contributed by atoms with Crippen molar-refractivity contribution < 1.29 is 9.53 Å². The summed E-state index contributed by atoms with van der Waals surface area (Å²) in [5.74, 6) is 0.0808. The van der Waals surface area contributed by atoms with Gasteiger partial charge in [-0.2, -0.15) is 0 Å². The fourth-order valence-corrected chi connectivity index (χ4v) is 3.58. The van der Waals surface area contributed by atoms with Gasteiger partial charge in [-0.15, -0.1) is 11.3 Å². The molecule has 0 saturated carbocycles. The van der Waals surface area contributed by atoms with Crippen LogP contribution in [0.25, 0.3) is 10.2 Å². The molecule has 1 unspecified atom stereocenters. The van der Waals surface area contributed by atoms with E-state index in [0.29, 0.717) is 13.1 Å². The Morgan fingerprint density at radius 3 is 3.14 bits per heavy atom. The van der Waals surface area contributed by atoms with Crippen molar-refractivity contribution in [3.05, 3.63) is 29.3 Å². The number of para-hydroxylation sites is 1. The number of rotatable bonds is 6. The zero-order valence-electron chi connectivity index (χ0n) is 12.7. The molecule has 118 valence electrons. The first-order valence-corrected chi connectivity index (χ1v) is 8.45. The van der Waals surface area contributed by atoms with E-state index in [-0.39, 0.29) is 12.0 Å². The molecule has 1 aromatic carbocycles. The smallest absolute Gasteiger partial charge is 0.236 e. The van der Waals surface area contributed by atoms with Gasteiger partial charge in [-0.25, -0.2) is 4.98 Å². The topological polar surface area (TPSA) is 54.5 Å². The largest absolute Gasteiger partial charge is 0.377 e. The summed E-state index contributed by atoms with van der Waals surface area (Å²) in [6.07, 6.45) is 2.47. The fourth-order valence-electron chi connectivity index (χ4n) is 2.56. The molecule has 1 aliphatic heterocycles. The summed E-state index contributed by atoms with van der Waals surface area (Å²) in [4.78, 5) is 18.4. The van der Waals surface area contributed by atoms with E-state index in [9.17, 15) is 4.79 Å². The molecule has 1 fully saturated rings. The molecule has 0 spiro atoms. The number of thiazole rings is 1. The summed E-state index contributed by atoms with van der Waals surface area (Å²) in [5, 5.41) is 4.16. The van der Waals surface area contributed by atoms with Gasteiger partial charge in [0.15, 0.2) is 0 Å². The van der Waals surface area contributed by atoms with Gasteiger partial charge >= 0.3 is 0 Å². The second kappa shape index (κ2) is 7.17. The van der Waals surface area contributed by atoms with E-state index in [4.69, 9.17) is 4.74 Å². The molecule has 3 rings (SSSR count). The number of hydrogen-bond acceptors (Lipinski definition) is 5. The van der Waals surface area contributed by atoms with Crippen LogP contribution < -0.4 is 5.32 Å². The van der Waals surface area contributed by atoms with Crippen LogP contribution in [0.4, 0.5) is 0 Å². The average molecular weight is 319 g/mol. The number of hydrogen-bond donors (Lipinski definition) is 1. The number of carbonyl (C=O) groups excluding carboxylic acids is 1. The maximum atomic E-state index is 12.1. The lowest BCUT2D eigenvalue weighted by Crippen LogP contribution is -2.38. The Bertz CT molecular complexity index is 604. The zero-order chi connectivity index (χ0) is 15.4. The van der Waals surface area contributed by atoms with E-state index >= 15 is 0 Å². The summed E-state index contributed by atoms with van der Waals surface area (Å²) in [6, 6.07) is 8.05. The maximum Gasteiger partial charge on any atom is 0.236 e. The highest BCUT2D eigenvalue weighted by molar-refractivity contribution is 7.18. The minimum Gasteiger partial charge on any atom is -0.377 e. The summed E-state index contributed by atoms with van der Waals surface area (Å²) < 4.78 is 6.69. The van der Waals surface area contributed by atoms with Gasteiger partial charge in [-0.1, -0.05) is 12.1 Å². The normalized spacial score (nSPS) is 18.0. The van der Waals surface area contributed by atoms with Gasteiger partial charge in [0.25, 0.3) is 0 Å². The molecule has 1 amide bonds. The number of nitrogens with one attached hydrogen (secondary N) is 1. The summed E-state index contributed by atoms with van der Waals surface area (Å²) in [7, 11) is 1.82. The summed E-state index contributed by atoms with van der Waals surface area (Å²) >= 11 is 1.64. The van der Waals surface area contributed by atoms with Crippen molar-refractivity contribution in [3.63, 3.8) is 0 Å². The van der Waals surface area contributed by atoms with Crippen LogP contribution in [0.3, 0.4) is 0 Å². The molecule has 22 heavy (non-hydrogen) atoms. The third-order valence-electron chi connectivity index (χ3n) is 3.81. The number of nitrogens with zero attached hydrogens (tertiary/aromatic N) is 2. The first-order valence-electron chi connectivity index (χ1n) is 7.63. The molecule has 1 saturated heterocycles. The van der Waals surface area contributed by atoms with Gasteiger partial charge in [-0.3, -0.25) is 4.79 Å². The lowest BCUT2D eigenvalue weighted by molar-refractivity contribution is -0.129. The number of ether oxygens (including phenoxy) is 1. The number of amides is 1. The van der Waals surface area contributed by atoms with Crippen LogP contribution in [0, 0.1) is 0 Å². The number of fused-ring (bicyclic) bond motifs is 1. The summed E-state index contributed by atoms with van der Waals surface area (Å²) in [5.41, 5.74) is 1.000. The highest BCUT2D eigenvalue weighted by Gasteiger charge is 2.16. The van der Waals surface area contributed by atoms with Gasteiger partial charge in [-0.05, 0) is 25.0 Å². The average Bonchev–Trinajstić information content (AvgIpc) is 3.15. The van der Waals surface area contributed by atoms with Crippen LogP contribution in [0.5, 0.6) is 0 Å². The second-order valence-corrected chi connectivity index (χ2v) is 6.71. The zero-order valence-corrected chi connectivity index (χ0v) is 13.6. The lowest BCUT2D eigenvalue weighted by atomic mass is 10.2. The van der Waals surface area contributed by atoms with Gasteiger partial charge < -0.3 is 15.0 Å². The van der Waals surface area contributed by atoms with Crippen molar-refractivity contribution in [3.8, 4) is 0 Å². The minimum absolute atomic E-state index is 0.0808. The number of carbonyl (C=O) groups is 1. The van der Waals surface area contributed by atoms with Crippen LogP contribution in [-0.2, 0) is 16.1 Å². The molecule has 1 atom stereocenters. The molecule has 2 aromatic rings. The Morgan fingerprint density at radius 1 is 1.50 bits per heavy atom. The third kappa shape index (κ3) is 3.82. The molecule has 1 aliphatic rings. The standard InChI is InChI=1S/C16H21N3O2S/c1-19(16(20)10-17-9-12-5-4-8-21-12)11-15-18-13-6-2-3-7-14(13)22-15/h2-3,6-7,12,17H,4-5,8-11H2,1H3. The van der Waals surface area contributed by atoms with E-state index in [0.717, 1.165) is 41.2 Å². The van der Waals surface area contributed by atoms with Crippen molar-refractivity contribution in [2.24, 2.45) is 0 Å². The number of likely N-dealkylation sites (N-methyl/N-ethyl adjacent to an activating group) is 1. The Morgan fingerprint density at radius 2 is 2.36 bits per heavy atom. The van der Waals surface area contributed by atoms with E-state index in [2.05, 4.69) is 16.4 Å². The van der Waals surface area contributed by atoms with Crippen LogP contribution >= 0.6 is 11.3 Å². The molecular formula is C16H21N3O2S. The Labute approximate surface area is 134 Å².